The van der Waals surface area contributed by atoms with E-state index < -0.39 is 12.0 Å². The molecule has 1 aromatic heterocycles. The number of pyridine rings is 1. The summed E-state index contributed by atoms with van der Waals surface area (Å²) in [6.07, 6.45) is 6.08. The molecule has 1 N–H and O–H groups in total. The molecule has 0 saturated heterocycles. The van der Waals surface area contributed by atoms with Crippen LogP contribution in [0.3, 0.4) is 0 Å². The van der Waals surface area contributed by atoms with Crippen molar-refractivity contribution in [2.75, 3.05) is 12.4 Å². The number of nitrogens with zero attached hydrogens (tertiary/aromatic N) is 2. The Morgan fingerprint density at radius 1 is 1.09 bits per heavy atom. The van der Waals surface area contributed by atoms with E-state index in [0.717, 1.165) is 41.5 Å². The molecule has 6 heteroatoms. The molecule has 0 aliphatic carbocycles. The maximum Gasteiger partial charge on any atom is 0.333 e. The van der Waals surface area contributed by atoms with Crippen molar-refractivity contribution >= 4 is 11.7 Å². The van der Waals surface area contributed by atoms with Crippen molar-refractivity contribution in [2.24, 2.45) is 0 Å². The number of hydrogen-bond acceptors (Lipinski definition) is 6. The Morgan fingerprint density at radius 3 is 2.42 bits per heavy atom. The Bertz CT molecular complexity index is 1110. The first-order valence-corrected chi connectivity index (χ1v) is 11.1. The maximum atomic E-state index is 12.9. The molecule has 1 unspecified atom stereocenters. The van der Waals surface area contributed by atoms with Gasteiger partial charge in [-0.3, -0.25) is 4.98 Å². The summed E-state index contributed by atoms with van der Waals surface area (Å²) in [5, 5.41) is 12.4. The number of nitrogens with one attached hydrogen (secondary N) is 1. The largest absolute Gasteiger partial charge is 0.488 e. The number of methoxy groups -OCH3 is 1. The second-order valence-electron chi connectivity index (χ2n) is 7.71. The zero-order valence-electron chi connectivity index (χ0n) is 19.3. The van der Waals surface area contributed by atoms with Gasteiger partial charge in [-0.25, -0.2) is 4.79 Å². The number of nitriles is 1. The van der Waals surface area contributed by atoms with Gasteiger partial charge in [-0.15, -0.1) is 0 Å². The van der Waals surface area contributed by atoms with Gasteiger partial charge in [0.25, 0.3) is 0 Å². The van der Waals surface area contributed by atoms with Crippen molar-refractivity contribution in [3.63, 3.8) is 0 Å². The van der Waals surface area contributed by atoms with Gasteiger partial charge in [-0.2, -0.15) is 5.26 Å². The van der Waals surface area contributed by atoms with Crippen LogP contribution in [0.1, 0.15) is 54.1 Å². The van der Waals surface area contributed by atoms with Crippen molar-refractivity contribution in [1.82, 2.24) is 4.98 Å². The second-order valence-corrected chi connectivity index (χ2v) is 7.71. The van der Waals surface area contributed by atoms with Gasteiger partial charge in [0, 0.05) is 23.6 Å². The molecule has 0 radical (unpaired) electrons. The van der Waals surface area contributed by atoms with Gasteiger partial charge in [0.2, 0.25) is 0 Å². The van der Waals surface area contributed by atoms with E-state index in [2.05, 4.69) is 36.3 Å². The molecule has 1 heterocycles. The number of carbonyl (C=O) groups is 1. The fraction of sp³-hybridized carbons (Fsp3) is 0.296. The third-order valence-corrected chi connectivity index (χ3v) is 5.39. The molecule has 6 nitrogen and oxygen atoms in total. The zero-order valence-corrected chi connectivity index (χ0v) is 19.3. The molecule has 0 spiro atoms. The zero-order chi connectivity index (χ0) is 23.6. The summed E-state index contributed by atoms with van der Waals surface area (Å²) < 4.78 is 11.5. The lowest BCUT2D eigenvalue weighted by Gasteiger charge is -2.24. The summed E-state index contributed by atoms with van der Waals surface area (Å²) in [4.78, 5) is 17.0. The molecule has 0 bridgehead atoms. The number of hydrogen-bond donors (Lipinski definition) is 1. The smallest absolute Gasteiger partial charge is 0.333 e. The Hall–Kier alpha value is -3.85. The third-order valence-electron chi connectivity index (χ3n) is 5.39. The highest BCUT2D eigenvalue weighted by Gasteiger charge is 2.27. The lowest BCUT2D eigenvalue weighted by Crippen LogP contribution is -2.24. The molecule has 0 aliphatic heterocycles. The van der Waals surface area contributed by atoms with Crippen LogP contribution >= 0.6 is 0 Å². The van der Waals surface area contributed by atoms with E-state index >= 15 is 0 Å². The van der Waals surface area contributed by atoms with Crippen LogP contribution in [0.5, 0.6) is 5.75 Å². The summed E-state index contributed by atoms with van der Waals surface area (Å²) in [5.74, 6) is 0.284. The van der Waals surface area contributed by atoms with Crippen LogP contribution in [-0.2, 0) is 29.0 Å². The number of anilines is 1. The molecule has 1 atom stereocenters. The first kappa shape index (κ1) is 23.8. The molecule has 0 fully saturated rings. The minimum atomic E-state index is -0.766. The first-order chi connectivity index (χ1) is 16.1. The van der Waals surface area contributed by atoms with E-state index in [1.807, 2.05) is 18.2 Å². The SMILES string of the molecule is CCCc1cc(CC)cc(C(Nc2ccc(C#N)cc2)C(=O)OC)c1OCc1ccncc1. The number of aryl methyl sites for hydroxylation is 2. The van der Waals surface area contributed by atoms with Crippen LogP contribution in [0.2, 0.25) is 0 Å². The highest BCUT2D eigenvalue weighted by Crippen LogP contribution is 2.35. The van der Waals surface area contributed by atoms with Gasteiger partial charge in [0.15, 0.2) is 6.04 Å². The number of carbonyl (C=O) groups excluding carboxylic acids is 1. The number of esters is 1. The molecule has 2 aromatic carbocycles. The van der Waals surface area contributed by atoms with E-state index in [1.165, 1.54) is 7.11 Å². The highest BCUT2D eigenvalue weighted by molar-refractivity contribution is 5.82. The van der Waals surface area contributed by atoms with Crippen LogP contribution in [-0.4, -0.2) is 18.1 Å². The molecule has 0 aliphatic rings. The van der Waals surface area contributed by atoms with Gasteiger partial charge >= 0.3 is 5.97 Å². The Balaban J connectivity index is 2.06. The molecule has 0 amide bonds. The fourth-order valence-electron chi connectivity index (χ4n) is 3.65. The van der Waals surface area contributed by atoms with Crippen LogP contribution in [0.4, 0.5) is 5.69 Å². The lowest BCUT2D eigenvalue weighted by atomic mass is 9.95. The highest BCUT2D eigenvalue weighted by atomic mass is 16.5. The average molecular weight is 444 g/mol. The average Bonchev–Trinajstić information content (AvgIpc) is 2.86. The Labute approximate surface area is 195 Å². The molecular weight excluding hydrogens is 414 g/mol. The number of aromatic nitrogens is 1. The first-order valence-electron chi connectivity index (χ1n) is 11.1. The Morgan fingerprint density at radius 2 is 1.82 bits per heavy atom. The molecule has 170 valence electrons. The third kappa shape index (κ3) is 6.11. The van der Waals surface area contributed by atoms with Crippen LogP contribution in [0, 0.1) is 11.3 Å². The fourth-order valence-corrected chi connectivity index (χ4v) is 3.65. The maximum absolute atomic E-state index is 12.9. The topological polar surface area (TPSA) is 84.2 Å². The normalized spacial score (nSPS) is 11.3. The standard InChI is InChI=1S/C27H29N3O3/c1-4-6-22-15-19(5-2)16-24(26(22)33-18-21-11-13-29-14-12-21)25(27(31)32-3)30-23-9-7-20(17-28)8-10-23/h7-16,25,30H,4-6,18H2,1-3H3. The molecule has 3 aromatic rings. The molecule has 0 saturated carbocycles. The lowest BCUT2D eigenvalue weighted by molar-refractivity contribution is -0.141. The van der Waals surface area contributed by atoms with Crippen LogP contribution in [0.25, 0.3) is 0 Å². The summed E-state index contributed by atoms with van der Waals surface area (Å²) in [6, 6.07) is 16.3. The van der Waals surface area contributed by atoms with Crippen LogP contribution in [0.15, 0.2) is 60.9 Å². The van der Waals surface area contributed by atoms with E-state index in [9.17, 15) is 4.79 Å². The predicted octanol–water partition coefficient (Wildman–Crippen LogP) is 5.37. The summed E-state index contributed by atoms with van der Waals surface area (Å²) in [5.41, 5.74) is 5.19. The van der Waals surface area contributed by atoms with Crippen molar-refractivity contribution in [1.29, 1.82) is 5.26 Å². The molecular formula is C27H29N3O3. The van der Waals surface area contributed by atoms with Gasteiger partial charge in [-0.1, -0.05) is 26.3 Å². The minimum absolute atomic E-state index is 0.364. The quantitative estimate of drug-likeness (QED) is 0.424. The van der Waals surface area contributed by atoms with Crippen LogP contribution < -0.4 is 10.1 Å². The number of rotatable bonds is 10. The number of benzene rings is 2. The minimum Gasteiger partial charge on any atom is -0.488 e. The number of ether oxygens (including phenoxy) is 2. The summed E-state index contributed by atoms with van der Waals surface area (Å²) in [6.45, 7) is 4.58. The van der Waals surface area contributed by atoms with Crippen molar-refractivity contribution in [3.05, 3.63) is 88.7 Å². The van der Waals surface area contributed by atoms with E-state index in [-0.39, 0.29) is 0 Å². The summed E-state index contributed by atoms with van der Waals surface area (Å²) >= 11 is 0. The molecule has 3 rings (SSSR count). The Kier molecular flexibility index (Phi) is 8.43. The van der Waals surface area contributed by atoms with E-state index in [1.54, 1.807) is 36.7 Å². The van der Waals surface area contributed by atoms with E-state index in [0.29, 0.717) is 23.6 Å². The van der Waals surface area contributed by atoms with E-state index in [4.69, 9.17) is 14.7 Å². The van der Waals surface area contributed by atoms with Gasteiger partial charge in [-0.05, 0) is 72.0 Å². The van der Waals surface area contributed by atoms with Gasteiger partial charge in [0.1, 0.15) is 12.4 Å². The monoisotopic (exact) mass is 443 g/mol. The van der Waals surface area contributed by atoms with Crippen molar-refractivity contribution in [3.8, 4) is 11.8 Å². The van der Waals surface area contributed by atoms with Crippen molar-refractivity contribution < 1.29 is 14.3 Å². The molecule has 33 heavy (non-hydrogen) atoms. The van der Waals surface area contributed by atoms with Crippen molar-refractivity contribution in [2.45, 2.75) is 45.8 Å². The predicted molar refractivity (Wildman–Crippen MR) is 128 cm³/mol. The van der Waals surface area contributed by atoms with Gasteiger partial charge < -0.3 is 14.8 Å². The summed E-state index contributed by atoms with van der Waals surface area (Å²) in [7, 11) is 1.38. The van der Waals surface area contributed by atoms with Gasteiger partial charge in [0.05, 0.1) is 18.7 Å². The second kappa shape index (κ2) is 11.7.